The molecule has 1 aromatic heterocycles. The van der Waals surface area contributed by atoms with Crippen LogP contribution in [-0.2, 0) is 4.79 Å². The minimum absolute atomic E-state index is 0.0306. The first kappa shape index (κ1) is 13.9. The van der Waals surface area contributed by atoms with Crippen LogP contribution in [0.5, 0.6) is 0 Å². The second kappa shape index (κ2) is 5.65. The molecule has 0 aliphatic rings. The van der Waals surface area contributed by atoms with Crippen LogP contribution in [0, 0.1) is 21.4 Å². The summed E-state index contributed by atoms with van der Waals surface area (Å²) in [6, 6.07) is 7.71. The fraction of sp³-hybridized carbons (Fsp3) is 0.0833. The van der Waals surface area contributed by atoms with Crippen LogP contribution < -0.4 is 4.43 Å². The van der Waals surface area contributed by atoms with Crippen molar-refractivity contribution in [3.05, 3.63) is 44.6 Å². The number of carbonyl (C=O) groups excluding carboxylic acids is 1. The van der Waals surface area contributed by atoms with E-state index in [4.69, 9.17) is 9.68 Å². The number of non-ortho nitro benzene ring substituents is 1. The Hall–Kier alpha value is -2.49. The van der Waals surface area contributed by atoms with E-state index in [0.29, 0.717) is 10.0 Å². The summed E-state index contributed by atoms with van der Waals surface area (Å²) in [6.45, 7) is 1.29. The Balaban J connectivity index is 2.52. The Labute approximate surface area is 118 Å². The molecule has 0 aliphatic heterocycles. The normalized spacial score (nSPS) is 11.1. The zero-order valence-corrected chi connectivity index (χ0v) is 11.9. The van der Waals surface area contributed by atoms with Crippen LogP contribution >= 0.6 is 0 Å². The van der Waals surface area contributed by atoms with Gasteiger partial charge in [0.1, 0.15) is 0 Å². The molecule has 0 radical (unpaired) electrons. The van der Waals surface area contributed by atoms with E-state index < -0.39 is 25.3 Å². The number of hydrogen-bond donors (Lipinski definition) is 0. The van der Waals surface area contributed by atoms with Gasteiger partial charge < -0.3 is 0 Å². The van der Waals surface area contributed by atoms with Gasteiger partial charge in [0.25, 0.3) is 0 Å². The molecule has 100 valence electrons. The van der Waals surface area contributed by atoms with Crippen molar-refractivity contribution in [3.63, 3.8) is 0 Å². The quantitative estimate of drug-likeness (QED) is 0.465. The number of nitrogens with zero attached hydrogens (tertiary/aromatic N) is 3. The summed E-state index contributed by atoms with van der Waals surface area (Å²) in [4.78, 5) is 24.7. The molecule has 8 heteroatoms. The minimum atomic E-state index is -0.498. The first-order chi connectivity index (χ1) is 9.51. The summed E-state index contributed by atoms with van der Waals surface area (Å²) < 4.78 is 6.05. The predicted molar refractivity (Wildman–Crippen MR) is 68.7 cm³/mol. The number of carbonyl (C=O) groups is 1. The Morgan fingerprint density at radius 3 is 2.60 bits per heavy atom. The molecule has 0 bridgehead atoms. The van der Waals surface area contributed by atoms with E-state index in [2.05, 4.69) is 4.99 Å². The number of amides is 1. The summed E-state index contributed by atoms with van der Waals surface area (Å²) >= 11 is -0.410. The SMILES string of the molecule is CC(=O)N=c1oc(C#N)c(-c2ccc([N+](=O)[O-])cc2)[se]1. The van der Waals surface area contributed by atoms with Gasteiger partial charge in [-0.25, -0.2) is 0 Å². The number of benzene rings is 1. The molecule has 1 amide bonds. The summed E-state index contributed by atoms with van der Waals surface area (Å²) in [5.74, 6) is -0.317. The van der Waals surface area contributed by atoms with E-state index in [0.717, 1.165) is 0 Å². The zero-order valence-electron chi connectivity index (χ0n) is 10.2. The van der Waals surface area contributed by atoms with Gasteiger partial charge >= 0.3 is 118 Å². The molecule has 0 saturated heterocycles. The molecule has 0 N–H and O–H groups in total. The number of nitriles is 1. The van der Waals surface area contributed by atoms with Crippen LogP contribution in [0.2, 0.25) is 0 Å². The van der Waals surface area contributed by atoms with Crippen molar-refractivity contribution in [2.24, 2.45) is 4.99 Å². The molecule has 0 spiro atoms. The van der Waals surface area contributed by atoms with Gasteiger partial charge in [0.05, 0.1) is 0 Å². The number of nitro benzene ring substituents is 1. The van der Waals surface area contributed by atoms with Gasteiger partial charge in [-0.05, 0) is 0 Å². The molecular formula is C12H7N3O4Se. The zero-order chi connectivity index (χ0) is 14.7. The van der Waals surface area contributed by atoms with Crippen molar-refractivity contribution < 1.29 is 14.1 Å². The third kappa shape index (κ3) is 2.91. The van der Waals surface area contributed by atoms with Crippen LogP contribution in [0.15, 0.2) is 33.7 Å². The van der Waals surface area contributed by atoms with Crippen molar-refractivity contribution in [1.29, 1.82) is 5.26 Å². The molecule has 1 heterocycles. The molecule has 7 nitrogen and oxygen atoms in total. The molecule has 1 aromatic carbocycles. The maximum absolute atomic E-state index is 10.9. The van der Waals surface area contributed by atoms with Crippen LogP contribution in [0.3, 0.4) is 0 Å². The van der Waals surface area contributed by atoms with E-state index in [1.165, 1.54) is 19.1 Å². The Kier molecular flexibility index (Phi) is 3.94. The van der Waals surface area contributed by atoms with Crippen molar-refractivity contribution in [1.82, 2.24) is 0 Å². The molecule has 0 aliphatic carbocycles. The summed E-state index contributed by atoms with van der Waals surface area (Å²) in [5, 5.41) is 19.6. The fourth-order valence-corrected chi connectivity index (χ4v) is 3.37. The van der Waals surface area contributed by atoms with E-state index in [1.54, 1.807) is 12.1 Å². The summed E-state index contributed by atoms with van der Waals surface area (Å²) in [7, 11) is 0. The molecule has 0 unspecified atom stereocenters. The number of rotatable bonds is 2. The molecule has 0 atom stereocenters. The van der Waals surface area contributed by atoms with Crippen molar-refractivity contribution in [2.75, 3.05) is 0 Å². The van der Waals surface area contributed by atoms with Gasteiger partial charge in [0.15, 0.2) is 0 Å². The Morgan fingerprint density at radius 2 is 2.10 bits per heavy atom. The van der Waals surface area contributed by atoms with Crippen LogP contribution in [0.1, 0.15) is 12.7 Å². The molecule has 2 rings (SSSR count). The van der Waals surface area contributed by atoms with Gasteiger partial charge in [-0.3, -0.25) is 0 Å². The fourth-order valence-electron chi connectivity index (χ4n) is 1.46. The Morgan fingerprint density at radius 1 is 1.45 bits per heavy atom. The van der Waals surface area contributed by atoms with Gasteiger partial charge in [0.2, 0.25) is 0 Å². The molecule has 20 heavy (non-hydrogen) atoms. The standard InChI is InChI=1S/C12H7N3O4Se/c1-7(16)14-12-19-10(6-13)11(20-12)8-2-4-9(5-3-8)15(17)18/h2-5H,1H3. The summed E-state index contributed by atoms with van der Waals surface area (Å²) in [6.07, 6.45) is 0. The van der Waals surface area contributed by atoms with Crippen LogP contribution in [0.25, 0.3) is 10.0 Å². The first-order valence-corrected chi connectivity index (χ1v) is 7.06. The Bertz CT molecular complexity index is 780. The third-order valence-electron chi connectivity index (χ3n) is 2.28. The van der Waals surface area contributed by atoms with Gasteiger partial charge in [-0.15, -0.1) is 0 Å². The number of nitro groups is 1. The van der Waals surface area contributed by atoms with E-state index >= 15 is 0 Å². The van der Waals surface area contributed by atoms with E-state index in [1.807, 2.05) is 6.07 Å². The number of hydrogen-bond acceptors (Lipinski definition) is 5. The molecular weight excluding hydrogens is 329 g/mol. The topological polar surface area (TPSA) is 110 Å². The predicted octanol–water partition coefficient (Wildman–Crippen LogP) is 1.23. The molecule has 0 fully saturated rings. The first-order valence-electron chi connectivity index (χ1n) is 5.35. The molecule has 2 aromatic rings. The van der Waals surface area contributed by atoms with Crippen LogP contribution in [0.4, 0.5) is 5.69 Å². The average molecular weight is 336 g/mol. The van der Waals surface area contributed by atoms with Crippen LogP contribution in [-0.4, -0.2) is 25.3 Å². The van der Waals surface area contributed by atoms with Gasteiger partial charge in [0, 0.05) is 0 Å². The van der Waals surface area contributed by atoms with E-state index in [9.17, 15) is 14.9 Å². The monoisotopic (exact) mass is 337 g/mol. The maximum atomic E-state index is 10.9. The van der Waals surface area contributed by atoms with Gasteiger partial charge in [-0.1, -0.05) is 0 Å². The van der Waals surface area contributed by atoms with Crippen molar-refractivity contribution in [3.8, 4) is 16.1 Å². The second-order valence-electron chi connectivity index (χ2n) is 3.67. The second-order valence-corrected chi connectivity index (χ2v) is 5.69. The van der Waals surface area contributed by atoms with Crippen molar-refractivity contribution in [2.45, 2.75) is 6.92 Å². The molecule has 0 saturated carbocycles. The van der Waals surface area contributed by atoms with E-state index in [-0.39, 0.29) is 15.9 Å². The third-order valence-corrected chi connectivity index (χ3v) is 4.32. The average Bonchev–Trinajstić information content (AvgIpc) is 2.81. The van der Waals surface area contributed by atoms with Crippen molar-refractivity contribution >= 4 is 26.1 Å². The summed E-state index contributed by atoms with van der Waals surface area (Å²) in [5.41, 5.74) is 0.623. The van der Waals surface area contributed by atoms with Gasteiger partial charge in [-0.2, -0.15) is 0 Å².